The van der Waals surface area contributed by atoms with Crippen LogP contribution in [0, 0.1) is 0 Å². The molecule has 2 N–H and O–H groups in total. The summed E-state index contributed by atoms with van der Waals surface area (Å²) in [5.41, 5.74) is 8.55. The van der Waals surface area contributed by atoms with E-state index in [9.17, 15) is 14.4 Å². The molecule has 4 aromatic rings. The molecule has 0 fully saturated rings. The van der Waals surface area contributed by atoms with Crippen molar-refractivity contribution in [2.75, 3.05) is 41.7 Å². The SMILES string of the molecule is COc1ccc(OCC(=O)NNC(=O)COC(=O)c2c3c(nc4ccccc24)/C(=C\c2cc(OC)c(OC)c(OC)c2)CC3)cc1. The van der Waals surface area contributed by atoms with E-state index in [2.05, 4.69) is 10.9 Å². The molecular weight excluding hydrogens is 594 g/mol. The molecule has 5 rings (SSSR count). The Morgan fingerprint density at radius 2 is 1.43 bits per heavy atom. The number of carbonyl (C=O) groups excluding carboxylic acids is 3. The third kappa shape index (κ3) is 6.96. The Morgan fingerprint density at radius 1 is 0.783 bits per heavy atom. The van der Waals surface area contributed by atoms with Crippen molar-refractivity contribution in [2.45, 2.75) is 12.8 Å². The lowest BCUT2D eigenvalue weighted by Crippen LogP contribution is -2.45. The smallest absolute Gasteiger partial charge is 0.339 e. The number of amides is 2. The summed E-state index contributed by atoms with van der Waals surface area (Å²) in [4.78, 5) is 42.9. The van der Waals surface area contributed by atoms with Gasteiger partial charge in [0.05, 0.1) is 45.2 Å². The summed E-state index contributed by atoms with van der Waals surface area (Å²) in [5, 5.41) is 0.615. The Kier molecular flexibility index (Phi) is 9.86. The van der Waals surface area contributed by atoms with Crippen molar-refractivity contribution in [3.63, 3.8) is 0 Å². The number of nitrogens with zero attached hydrogens (tertiary/aromatic N) is 1. The number of para-hydroxylation sites is 1. The minimum atomic E-state index is -0.718. The van der Waals surface area contributed by atoms with Gasteiger partial charge in [0.2, 0.25) is 5.75 Å². The number of ether oxygens (including phenoxy) is 6. The lowest BCUT2D eigenvalue weighted by atomic mass is 10.0. The van der Waals surface area contributed by atoms with Gasteiger partial charge in [0, 0.05) is 5.39 Å². The summed E-state index contributed by atoms with van der Waals surface area (Å²) in [6.07, 6.45) is 3.15. The molecule has 238 valence electrons. The summed E-state index contributed by atoms with van der Waals surface area (Å²) >= 11 is 0. The number of nitrogens with one attached hydrogen (secondary N) is 2. The van der Waals surface area contributed by atoms with Crippen LogP contribution in [0.15, 0.2) is 60.7 Å². The molecule has 1 heterocycles. The van der Waals surface area contributed by atoms with Crippen molar-refractivity contribution in [1.29, 1.82) is 0 Å². The van der Waals surface area contributed by atoms with E-state index in [0.717, 1.165) is 16.7 Å². The number of allylic oxidation sites excluding steroid dienone is 1. The predicted molar refractivity (Wildman–Crippen MR) is 169 cm³/mol. The molecule has 0 radical (unpaired) electrons. The zero-order valence-electron chi connectivity index (χ0n) is 25.8. The monoisotopic (exact) mass is 627 g/mol. The minimum absolute atomic E-state index is 0.340. The van der Waals surface area contributed by atoms with Crippen LogP contribution in [-0.2, 0) is 20.7 Å². The quantitative estimate of drug-likeness (QED) is 0.184. The van der Waals surface area contributed by atoms with Gasteiger partial charge in [-0.15, -0.1) is 0 Å². The standard InChI is InChI=1S/C34H33N3O9/c1-41-22-10-12-23(13-11-22)45-18-29(38)36-37-30(39)19-46-34(40)31-24-7-5-6-8-26(24)35-32-21(9-14-25(31)32)15-20-16-27(42-2)33(44-4)28(17-20)43-3/h5-8,10-13,15-17H,9,14,18-19H2,1-4H3,(H,36,38)(H,37,39)/b21-15-. The second-order valence-corrected chi connectivity index (χ2v) is 10.1. The van der Waals surface area contributed by atoms with Gasteiger partial charge in [-0.3, -0.25) is 20.4 Å². The fraction of sp³-hybridized carbons (Fsp3) is 0.235. The Bertz CT molecular complexity index is 1780. The first-order valence-corrected chi connectivity index (χ1v) is 14.3. The Labute approximate surface area is 265 Å². The number of hydrazine groups is 1. The highest BCUT2D eigenvalue weighted by atomic mass is 16.5. The number of pyridine rings is 1. The summed E-state index contributed by atoms with van der Waals surface area (Å²) in [7, 11) is 6.19. The van der Waals surface area contributed by atoms with Gasteiger partial charge >= 0.3 is 5.97 Å². The van der Waals surface area contributed by atoms with Gasteiger partial charge in [-0.1, -0.05) is 18.2 Å². The average Bonchev–Trinajstić information content (AvgIpc) is 3.48. The highest BCUT2D eigenvalue weighted by molar-refractivity contribution is 6.07. The van der Waals surface area contributed by atoms with Gasteiger partial charge in [-0.05, 0) is 78.1 Å². The maximum Gasteiger partial charge on any atom is 0.339 e. The number of rotatable bonds is 11. The van der Waals surface area contributed by atoms with Crippen molar-refractivity contribution < 1.29 is 42.8 Å². The molecule has 1 aliphatic carbocycles. The average molecular weight is 628 g/mol. The largest absolute Gasteiger partial charge is 0.497 e. The highest BCUT2D eigenvalue weighted by Gasteiger charge is 2.28. The Balaban J connectivity index is 1.28. The molecule has 1 aromatic heterocycles. The van der Waals surface area contributed by atoms with Crippen molar-refractivity contribution in [2.24, 2.45) is 0 Å². The number of carbonyl (C=O) groups is 3. The number of aromatic nitrogens is 1. The van der Waals surface area contributed by atoms with E-state index < -0.39 is 24.4 Å². The first-order valence-electron chi connectivity index (χ1n) is 14.3. The van der Waals surface area contributed by atoms with E-state index in [4.69, 9.17) is 33.4 Å². The van der Waals surface area contributed by atoms with Gasteiger partial charge in [0.15, 0.2) is 24.7 Å². The van der Waals surface area contributed by atoms with Crippen molar-refractivity contribution in [1.82, 2.24) is 15.8 Å². The molecule has 1 aliphatic rings. The molecule has 0 spiro atoms. The molecule has 0 saturated heterocycles. The zero-order valence-corrected chi connectivity index (χ0v) is 25.8. The van der Waals surface area contributed by atoms with Crippen molar-refractivity contribution in [3.8, 4) is 28.7 Å². The van der Waals surface area contributed by atoms with Crippen LogP contribution in [0.1, 0.15) is 33.6 Å². The molecule has 46 heavy (non-hydrogen) atoms. The Morgan fingerprint density at radius 3 is 2.09 bits per heavy atom. The third-order valence-electron chi connectivity index (χ3n) is 7.28. The van der Waals surface area contributed by atoms with Crippen LogP contribution in [0.25, 0.3) is 22.6 Å². The number of benzene rings is 3. The van der Waals surface area contributed by atoms with Gasteiger partial charge < -0.3 is 28.4 Å². The minimum Gasteiger partial charge on any atom is -0.497 e. The van der Waals surface area contributed by atoms with Gasteiger partial charge in [-0.25, -0.2) is 9.78 Å². The lowest BCUT2D eigenvalue weighted by molar-refractivity contribution is -0.131. The van der Waals surface area contributed by atoms with E-state index in [1.54, 1.807) is 58.8 Å². The zero-order chi connectivity index (χ0) is 32.6. The molecule has 12 heteroatoms. The molecular formula is C34H33N3O9. The summed E-state index contributed by atoms with van der Waals surface area (Å²) in [6.45, 7) is -0.953. The van der Waals surface area contributed by atoms with Crippen LogP contribution in [-0.4, -0.2) is 64.4 Å². The third-order valence-corrected chi connectivity index (χ3v) is 7.28. The molecule has 0 unspecified atom stereocenters. The lowest BCUT2D eigenvalue weighted by Gasteiger charge is -2.14. The van der Waals surface area contributed by atoms with Crippen LogP contribution in [0.2, 0.25) is 0 Å². The molecule has 12 nitrogen and oxygen atoms in total. The predicted octanol–water partition coefficient (Wildman–Crippen LogP) is 4.14. The van der Waals surface area contributed by atoms with Gasteiger partial charge in [-0.2, -0.15) is 0 Å². The fourth-order valence-electron chi connectivity index (χ4n) is 5.13. The first kappa shape index (κ1) is 31.6. The molecule has 2 amide bonds. The molecule has 0 aliphatic heterocycles. The number of fused-ring (bicyclic) bond motifs is 2. The number of hydrogen-bond donors (Lipinski definition) is 2. The molecule has 0 atom stereocenters. The first-order chi connectivity index (χ1) is 22.3. The molecule has 0 bridgehead atoms. The van der Waals surface area contributed by atoms with Gasteiger partial charge in [0.25, 0.3) is 11.8 Å². The Hall–Kier alpha value is -5.78. The van der Waals surface area contributed by atoms with Crippen LogP contribution in [0.5, 0.6) is 28.7 Å². The van der Waals surface area contributed by atoms with E-state index in [1.165, 1.54) is 0 Å². The van der Waals surface area contributed by atoms with Crippen molar-refractivity contribution in [3.05, 3.63) is 83.0 Å². The maximum atomic E-state index is 13.5. The van der Waals surface area contributed by atoms with E-state index in [-0.39, 0.29) is 6.61 Å². The second-order valence-electron chi connectivity index (χ2n) is 10.1. The number of hydrogen-bond acceptors (Lipinski definition) is 10. The van der Waals surface area contributed by atoms with Crippen LogP contribution in [0.3, 0.4) is 0 Å². The maximum absolute atomic E-state index is 13.5. The molecule has 0 saturated carbocycles. The summed E-state index contributed by atoms with van der Waals surface area (Å²) in [5.74, 6) is 0.630. The normalized spacial score (nSPS) is 12.7. The van der Waals surface area contributed by atoms with Crippen LogP contribution in [0.4, 0.5) is 0 Å². The summed E-state index contributed by atoms with van der Waals surface area (Å²) < 4.78 is 32.3. The summed E-state index contributed by atoms with van der Waals surface area (Å²) in [6, 6.07) is 17.6. The fourth-order valence-corrected chi connectivity index (χ4v) is 5.13. The topological polar surface area (TPSA) is 144 Å². The number of methoxy groups -OCH3 is 4. The second kappa shape index (κ2) is 14.3. The van der Waals surface area contributed by atoms with E-state index in [1.807, 2.05) is 36.4 Å². The number of esters is 1. The highest BCUT2D eigenvalue weighted by Crippen LogP contribution is 2.41. The molecule has 3 aromatic carbocycles. The van der Waals surface area contributed by atoms with Crippen LogP contribution < -0.4 is 34.5 Å². The van der Waals surface area contributed by atoms with E-state index >= 15 is 0 Å². The van der Waals surface area contributed by atoms with Crippen molar-refractivity contribution >= 4 is 40.3 Å². The van der Waals surface area contributed by atoms with Gasteiger partial charge in [0.1, 0.15) is 11.5 Å². The van der Waals surface area contributed by atoms with E-state index in [0.29, 0.717) is 63.7 Å². The van der Waals surface area contributed by atoms with Crippen LogP contribution >= 0.6 is 0 Å².